The molecular weight excluding hydrogens is 276 g/mol. The zero-order valence-corrected chi connectivity index (χ0v) is 13.3. The van der Waals surface area contributed by atoms with E-state index in [-0.39, 0.29) is 24.9 Å². The quantitative estimate of drug-likeness (QED) is 0.724. The maximum Gasteiger partial charge on any atom is 0.257 e. The monoisotopic (exact) mass is 300 g/mol. The molecule has 0 radical (unpaired) electrons. The van der Waals surface area contributed by atoms with Crippen LogP contribution in [0.15, 0.2) is 18.2 Å². The van der Waals surface area contributed by atoms with Crippen molar-refractivity contribution in [1.29, 1.82) is 0 Å². The lowest BCUT2D eigenvalue weighted by Crippen LogP contribution is -2.35. The highest BCUT2D eigenvalue weighted by atomic mass is 35.5. The number of hydrogen-bond acceptors (Lipinski definition) is 3. The summed E-state index contributed by atoms with van der Waals surface area (Å²) in [5, 5.41) is 6.04. The summed E-state index contributed by atoms with van der Waals surface area (Å²) in [4.78, 5) is 11.6. The average molecular weight is 301 g/mol. The first kappa shape index (κ1) is 18.7. The smallest absolute Gasteiger partial charge is 0.257 e. The number of carbonyl (C=O) groups excluding carboxylic acids is 1. The van der Waals surface area contributed by atoms with Crippen LogP contribution >= 0.6 is 12.4 Å². The van der Waals surface area contributed by atoms with Crippen LogP contribution in [0.2, 0.25) is 0 Å². The van der Waals surface area contributed by atoms with Crippen LogP contribution in [0.25, 0.3) is 0 Å². The van der Waals surface area contributed by atoms with E-state index in [0.717, 1.165) is 30.8 Å². The molecule has 1 aromatic rings. The van der Waals surface area contributed by atoms with Crippen molar-refractivity contribution < 1.29 is 9.53 Å². The molecule has 5 heteroatoms. The Bertz CT molecular complexity index is 411. The van der Waals surface area contributed by atoms with E-state index < -0.39 is 0 Å². The number of nitrogens with one attached hydrogen (secondary N) is 2. The third-order valence-electron chi connectivity index (χ3n) is 2.74. The largest absolute Gasteiger partial charge is 0.484 e. The van der Waals surface area contributed by atoms with Crippen LogP contribution in [0.1, 0.15) is 24.5 Å². The van der Waals surface area contributed by atoms with Crippen LogP contribution in [-0.2, 0) is 4.79 Å². The van der Waals surface area contributed by atoms with Crippen molar-refractivity contribution in [2.45, 2.75) is 27.2 Å². The maximum absolute atomic E-state index is 11.6. The number of carbonyl (C=O) groups is 1. The molecule has 0 aliphatic rings. The number of hydrogen-bond donors (Lipinski definition) is 2. The van der Waals surface area contributed by atoms with Gasteiger partial charge in [-0.3, -0.25) is 4.79 Å². The van der Waals surface area contributed by atoms with Gasteiger partial charge in [-0.2, -0.15) is 0 Å². The molecule has 2 N–H and O–H groups in total. The molecule has 0 heterocycles. The summed E-state index contributed by atoms with van der Waals surface area (Å²) in [7, 11) is 0. The van der Waals surface area contributed by atoms with E-state index in [1.807, 2.05) is 32.0 Å². The third-order valence-corrected chi connectivity index (χ3v) is 2.74. The van der Waals surface area contributed by atoms with Crippen LogP contribution in [0.4, 0.5) is 0 Å². The van der Waals surface area contributed by atoms with Gasteiger partial charge >= 0.3 is 0 Å². The Balaban J connectivity index is 0.00000361. The fraction of sp³-hybridized carbons (Fsp3) is 0.533. The molecule has 0 aliphatic heterocycles. The molecule has 0 fully saturated rings. The highest BCUT2D eigenvalue weighted by Gasteiger charge is 2.04. The molecule has 0 spiro atoms. The predicted molar refractivity (Wildman–Crippen MR) is 84.8 cm³/mol. The second-order valence-corrected chi connectivity index (χ2v) is 4.66. The number of benzene rings is 1. The van der Waals surface area contributed by atoms with Crippen molar-refractivity contribution in [3.05, 3.63) is 29.3 Å². The van der Waals surface area contributed by atoms with Crippen molar-refractivity contribution >= 4 is 18.3 Å². The fourth-order valence-corrected chi connectivity index (χ4v) is 1.75. The number of aryl methyl sites for hydroxylation is 2. The van der Waals surface area contributed by atoms with Crippen molar-refractivity contribution in [2.24, 2.45) is 0 Å². The molecule has 4 nitrogen and oxygen atoms in total. The Labute approximate surface area is 127 Å². The van der Waals surface area contributed by atoms with Crippen LogP contribution in [-0.4, -0.2) is 32.1 Å². The molecule has 0 bridgehead atoms. The lowest BCUT2D eigenvalue weighted by molar-refractivity contribution is -0.123. The van der Waals surface area contributed by atoms with Crippen LogP contribution in [0, 0.1) is 13.8 Å². The Hall–Kier alpha value is -1.26. The molecule has 0 saturated heterocycles. The molecule has 0 aliphatic carbocycles. The van der Waals surface area contributed by atoms with E-state index in [0.29, 0.717) is 6.54 Å². The number of amides is 1. The lowest BCUT2D eigenvalue weighted by Gasteiger charge is -2.10. The van der Waals surface area contributed by atoms with Gasteiger partial charge in [0, 0.05) is 13.1 Å². The van der Waals surface area contributed by atoms with Gasteiger partial charge in [-0.25, -0.2) is 0 Å². The normalized spacial score (nSPS) is 9.75. The first-order chi connectivity index (χ1) is 9.13. The molecule has 1 amide bonds. The maximum atomic E-state index is 11.6. The van der Waals surface area contributed by atoms with Crippen molar-refractivity contribution in [3.63, 3.8) is 0 Å². The third kappa shape index (κ3) is 7.36. The molecule has 0 saturated carbocycles. The van der Waals surface area contributed by atoms with Gasteiger partial charge in [0.05, 0.1) is 0 Å². The molecule has 114 valence electrons. The van der Waals surface area contributed by atoms with E-state index in [9.17, 15) is 4.79 Å². The molecule has 1 rings (SSSR count). The molecule has 1 aromatic carbocycles. The molecule has 0 unspecified atom stereocenters. The molecule has 20 heavy (non-hydrogen) atoms. The predicted octanol–water partition coefficient (Wildman–Crippen LogP) is 2.22. The first-order valence-corrected chi connectivity index (χ1v) is 6.81. The summed E-state index contributed by atoms with van der Waals surface area (Å²) in [6.07, 6.45) is 1.10. The summed E-state index contributed by atoms with van der Waals surface area (Å²) in [6.45, 7) is 8.61. The lowest BCUT2D eigenvalue weighted by atomic mass is 10.1. The SMILES string of the molecule is CCCNCCNC(=O)COc1ccc(C)cc1C.Cl. The summed E-state index contributed by atoms with van der Waals surface area (Å²) >= 11 is 0. The topological polar surface area (TPSA) is 50.4 Å². The van der Waals surface area contributed by atoms with Crippen molar-refractivity contribution in [2.75, 3.05) is 26.2 Å². The average Bonchev–Trinajstić information content (AvgIpc) is 2.37. The fourth-order valence-electron chi connectivity index (χ4n) is 1.75. The van der Waals surface area contributed by atoms with Crippen LogP contribution in [0.5, 0.6) is 5.75 Å². The van der Waals surface area contributed by atoms with E-state index in [1.54, 1.807) is 0 Å². The Kier molecular flexibility index (Phi) is 9.86. The van der Waals surface area contributed by atoms with Gasteiger partial charge in [0.25, 0.3) is 5.91 Å². The van der Waals surface area contributed by atoms with E-state index in [1.165, 1.54) is 5.56 Å². The van der Waals surface area contributed by atoms with Gasteiger partial charge in [-0.1, -0.05) is 24.6 Å². The van der Waals surface area contributed by atoms with Gasteiger partial charge in [-0.15, -0.1) is 12.4 Å². The zero-order valence-electron chi connectivity index (χ0n) is 12.5. The van der Waals surface area contributed by atoms with E-state index >= 15 is 0 Å². The van der Waals surface area contributed by atoms with Gasteiger partial charge in [-0.05, 0) is 38.4 Å². The minimum atomic E-state index is -0.0849. The van der Waals surface area contributed by atoms with Gasteiger partial charge in [0.15, 0.2) is 6.61 Å². The van der Waals surface area contributed by atoms with Crippen molar-refractivity contribution in [1.82, 2.24) is 10.6 Å². The number of rotatable bonds is 8. The van der Waals surface area contributed by atoms with E-state index in [2.05, 4.69) is 17.6 Å². The van der Waals surface area contributed by atoms with Gasteiger partial charge < -0.3 is 15.4 Å². The van der Waals surface area contributed by atoms with Crippen LogP contribution in [0.3, 0.4) is 0 Å². The second kappa shape index (κ2) is 10.5. The highest BCUT2D eigenvalue weighted by molar-refractivity contribution is 5.85. The minimum Gasteiger partial charge on any atom is -0.484 e. The molecule has 0 atom stereocenters. The molecule has 0 aromatic heterocycles. The Morgan fingerprint density at radius 3 is 2.60 bits per heavy atom. The van der Waals surface area contributed by atoms with Gasteiger partial charge in [0.1, 0.15) is 5.75 Å². The Morgan fingerprint density at radius 1 is 1.20 bits per heavy atom. The van der Waals surface area contributed by atoms with Gasteiger partial charge in [0.2, 0.25) is 0 Å². The number of halogens is 1. The van der Waals surface area contributed by atoms with Crippen molar-refractivity contribution in [3.8, 4) is 5.75 Å². The first-order valence-electron chi connectivity index (χ1n) is 6.81. The second-order valence-electron chi connectivity index (χ2n) is 4.66. The summed E-state index contributed by atoms with van der Waals surface area (Å²) < 4.78 is 5.50. The van der Waals surface area contributed by atoms with Crippen LogP contribution < -0.4 is 15.4 Å². The minimum absolute atomic E-state index is 0. The number of ether oxygens (including phenoxy) is 1. The highest BCUT2D eigenvalue weighted by Crippen LogP contribution is 2.18. The summed E-state index contributed by atoms with van der Waals surface area (Å²) in [5.74, 6) is 0.683. The summed E-state index contributed by atoms with van der Waals surface area (Å²) in [6, 6.07) is 5.93. The summed E-state index contributed by atoms with van der Waals surface area (Å²) in [5.41, 5.74) is 2.24. The van der Waals surface area contributed by atoms with E-state index in [4.69, 9.17) is 4.74 Å². The Morgan fingerprint density at radius 2 is 1.95 bits per heavy atom. The zero-order chi connectivity index (χ0) is 14.1. The standard InChI is InChI=1S/C15H24N2O2.ClH/c1-4-7-16-8-9-17-15(18)11-19-14-6-5-12(2)10-13(14)3;/h5-6,10,16H,4,7-9,11H2,1-3H3,(H,17,18);1H. The molecular formula is C15H25ClN2O2.